The van der Waals surface area contributed by atoms with Gasteiger partial charge in [-0.15, -0.1) is 0 Å². The molecule has 0 amide bonds. The number of nitrogens with one attached hydrogen (secondary N) is 1. The highest BCUT2D eigenvalue weighted by Crippen LogP contribution is 2.11. The standard InChI is InChI=1S/C10H17BrN2O3S/c1-3-5-8-9(11)10(14)13(12-8)6-7-17(15,16)4-2/h12H,3-7H2,1-2H3. The fraction of sp³-hybridized carbons (Fsp3) is 0.700. The molecule has 1 heterocycles. The van der Waals surface area contributed by atoms with Crippen molar-refractivity contribution in [2.24, 2.45) is 0 Å². The quantitative estimate of drug-likeness (QED) is 0.857. The van der Waals surface area contributed by atoms with Crippen molar-refractivity contribution in [2.45, 2.75) is 33.2 Å². The van der Waals surface area contributed by atoms with Gasteiger partial charge in [-0.1, -0.05) is 20.3 Å². The maximum Gasteiger partial charge on any atom is 0.281 e. The van der Waals surface area contributed by atoms with Gasteiger partial charge in [-0.25, -0.2) is 8.42 Å². The van der Waals surface area contributed by atoms with E-state index in [1.807, 2.05) is 6.92 Å². The van der Waals surface area contributed by atoms with Crippen LogP contribution in [0.4, 0.5) is 0 Å². The lowest BCUT2D eigenvalue weighted by Gasteiger charge is -2.02. The molecule has 0 fully saturated rings. The average Bonchev–Trinajstić information content (AvgIpc) is 2.55. The van der Waals surface area contributed by atoms with Gasteiger partial charge >= 0.3 is 0 Å². The summed E-state index contributed by atoms with van der Waals surface area (Å²) < 4.78 is 24.6. The molecule has 17 heavy (non-hydrogen) atoms. The molecule has 5 nitrogen and oxygen atoms in total. The monoisotopic (exact) mass is 324 g/mol. The summed E-state index contributed by atoms with van der Waals surface area (Å²) in [6.07, 6.45) is 1.69. The zero-order chi connectivity index (χ0) is 13.1. The zero-order valence-electron chi connectivity index (χ0n) is 9.99. The van der Waals surface area contributed by atoms with E-state index in [9.17, 15) is 13.2 Å². The predicted octanol–water partition coefficient (Wildman–Crippen LogP) is 1.33. The van der Waals surface area contributed by atoms with Crippen LogP contribution >= 0.6 is 15.9 Å². The van der Waals surface area contributed by atoms with Crippen LogP contribution in [0.25, 0.3) is 0 Å². The van der Waals surface area contributed by atoms with Gasteiger partial charge in [-0.05, 0) is 22.4 Å². The molecule has 0 aromatic carbocycles. The third-order valence-corrected chi connectivity index (χ3v) is 5.04. The summed E-state index contributed by atoms with van der Waals surface area (Å²) in [4.78, 5) is 11.8. The zero-order valence-corrected chi connectivity index (χ0v) is 12.4. The number of hydrogen-bond acceptors (Lipinski definition) is 3. The van der Waals surface area contributed by atoms with E-state index in [1.165, 1.54) is 4.68 Å². The molecule has 0 spiro atoms. The van der Waals surface area contributed by atoms with E-state index in [4.69, 9.17) is 0 Å². The van der Waals surface area contributed by atoms with Crippen LogP contribution in [-0.2, 0) is 22.8 Å². The number of H-pyrrole nitrogens is 1. The Morgan fingerprint density at radius 2 is 2.00 bits per heavy atom. The number of rotatable bonds is 6. The number of aromatic amines is 1. The van der Waals surface area contributed by atoms with Crippen LogP contribution < -0.4 is 5.56 Å². The number of hydrogen-bond donors (Lipinski definition) is 1. The van der Waals surface area contributed by atoms with Gasteiger partial charge in [0, 0.05) is 5.75 Å². The lowest BCUT2D eigenvalue weighted by atomic mass is 10.3. The number of aromatic nitrogens is 2. The largest absolute Gasteiger partial charge is 0.299 e. The highest BCUT2D eigenvalue weighted by Gasteiger charge is 2.13. The van der Waals surface area contributed by atoms with Crippen LogP contribution in [0.2, 0.25) is 0 Å². The second-order valence-corrected chi connectivity index (χ2v) is 7.11. The molecular formula is C10H17BrN2O3S. The molecule has 0 bridgehead atoms. The molecule has 98 valence electrons. The van der Waals surface area contributed by atoms with E-state index in [1.54, 1.807) is 6.92 Å². The first-order chi connectivity index (χ1) is 7.91. The van der Waals surface area contributed by atoms with Gasteiger partial charge in [0.05, 0.1) is 18.0 Å². The molecule has 0 atom stereocenters. The van der Waals surface area contributed by atoms with E-state index in [2.05, 4.69) is 21.0 Å². The Bertz CT molecular complexity index is 530. The van der Waals surface area contributed by atoms with Crippen LogP contribution in [0.3, 0.4) is 0 Å². The fourth-order valence-electron chi connectivity index (χ4n) is 1.46. The molecule has 1 N–H and O–H groups in total. The maximum atomic E-state index is 11.8. The Labute approximate surface area is 109 Å². The minimum atomic E-state index is -3.05. The highest BCUT2D eigenvalue weighted by atomic mass is 79.9. The van der Waals surface area contributed by atoms with E-state index in [-0.39, 0.29) is 23.6 Å². The van der Waals surface area contributed by atoms with Crippen molar-refractivity contribution < 1.29 is 8.42 Å². The molecule has 1 aromatic heterocycles. The highest BCUT2D eigenvalue weighted by molar-refractivity contribution is 9.10. The number of sulfone groups is 1. The molecule has 1 aromatic rings. The fourth-order valence-corrected chi connectivity index (χ4v) is 2.71. The van der Waals surface area contributed by atoms with Crippen molar-refractivity contribution in [3.8, 4) is 0 Å². The minimum absolute atomic E-state index is 0.0120. The molecule has 0 unspecified atom stereocenters. The summed E-state index contributed by atoms with van der Waals surface area (Å²) in [6.45, 7) is 3.80. The molecule has 0 radical (unpaired) electrons. The lowest BCUT2D eigenvalue weighted by molar-refractivity contribution is 0.575. The topological polar surface area (TPSA) is 71.9 Å². The normalized spacial score (nSPS) is 11.9. The van der Waals surface area contributed by atoms with E-state index >= 15 is 0 Å². The second kappa shape index (κ2) is 5.86. The van der Waals surface area contributed by atoms with E-state index < -0.39 is 9.84 Å². The average molecular weight is 325 g/mol. The van der Waals surface area contributed by atoms with E-state index in [0.29, 0.717) is 4.47 Å². The predicted molar refractivity (Wildman–Crippen MR) is 71.1 cm³/mol. The Balaban J connectivity index is 2.86. The van der Waals surface area contributed by atoms with Crippen molar-refractivity contribution in [3.63, 3.8) is 0 Å². The van der Waals surface area contributed by atoms with Gasteiger partial charge in [-0.2, -0.15) is 0 Å². The SMILES string of the molecule is CCCc1[nH]n(CCS(=O)(=O)CC)c(=O)c1Br. The van der Waals surface area contributed by atoms with Crippen molar-refractivity contribution in [1.82, 2.24) is 9.78 Å². The van der Waals surface area contributed by atoms with Crippen molar-refractivity contribution in [2.75, 3.05) is 11.5 Å². The van der Waals surface area contributed by atoms with E-state index in [0.717, 1.165) is 18.5 Å². The molecular weight excluding hydrogens is 308 g/mol. The molecule has 1 rings (SSSR count). The molecule has 0 saturated carbocycles. The first-order valence-electron chi connectivity index (χ1n) is 5.58. The number of halogens is 1. The molecule has 0 aliphatic heterocycles. The summed E-state index contributed by atoms with van der Waals surface area (Å²) in [5.41, 5.74) is 0.631. The Morgan fingerprint density at radius 1 is 1.35 bits per heavy atom. The summed E-state index contributed by atoms with van der Waals surface area (Å²) in [5, 5.41) is 2.94. The molecule has 0 aliphatic rings. The molecule has 0 saturated heterocycles. The van der Waals surface area contributed by atoms with Gasteiger partial charge in [0.2, 0.25) is 0 Å². The van der Waals surface area contributed by atoms with Gasteiger partial charge in [-0.3, -0.25) is 14.6 Å². The second-order valence-electron chi connectivity index (χ2n) is 3.85. The molecule has 7 heteroatoms. The van der Waals surface area contributed by atoms with Gasteiger partial charge in [0.1, 0.15) is 4.47 Å². The minimum Gasteiger partial charge on any atom is -0.299 e. The summed E-state index contributed by atoms with van der Waals surface area (Å²) in [6, 6.07) is 0. The first kappa shape index (κ1) is 14.5. The first-order valence-corrected chi connectivity index (χ1v) is 8.20. The third kappa shape index (κ3) is 3.70. The van der Waals surface area contributed by atoms with Crippen molar-refractivity contribution >= 4 is 25.8 Å². The van der Waals surface area contributed by atoms with Crippen LogP contribution in [0, 0.1) is 0 Å². The summed E-state index contributed by atoms with van der Waals surface area (Å²) in [7, 11) is -3.05. The van der Waals surface area contributed by atoms with Crippen LogP contribution in [-0.4, -0.2) is 29.7 Å². The van der Waals surface area contributed by atoms with Crippen LogP contribution in [0.1, 0.15) is 26.0 Å². The summed E-state index contributed by atoms with van der Waals surface area (Å²) >= 11 is 3.23. The van der Waals surface area contributed by atoms with Crippen LogP contribution in [0.5, 0.6) is 0 Å². The van der Waals surface area contributed by atoms with Crippen LogP contribution in [0.15, 0.2) is 9.27 Å². The van der Waals surface area contributed by atoms with Crippen molar-refractivity contribution in [1.29, 1.82) is 0 Å². The Kier molecular flexibility index (Phi) is 5.00. The third-order valence-electron chi connectivity index (χ3n) is 2.53. The smallest absolute Gasteiger partial charge is 0.281 e. The van der Waals surface area contributed by atoms with Gasteiger partial charge in [0.15, 0.2) is 9.84 Å². The number of nitrogens with zero attached hydrogens (tertiary/aromatic N) is 1. The number of aryl methyl sites for hydroxylation is 2. The van der Waals surface area contributed by atoms with Crippen molar-refractivity contribution in [3.05, 3.63) is 20.5 Å². The van der Waals surface area contributed by atoms with Gasteiger partial charge < -0.3 is 0 Å². The summed E-state index contributed by atoms with van der Waals surface area (Å²) in [5.74, 6) is 0.0906. The Hall–Kier alpha value is -0.560. The lowest BCUT2D eigenvalue weighted by Crippen LogP contribution is -2.23. The maximum absolute atomic E-state index is 11.8. The van der Waals surface area contributed by atoms with Gasteiger partial charge in [0.25, 0.3) is 5.56 Å². The Morgan fingerprint density at radius 3 is 2.53 bits per heavy atom. The molecule has 0 aliphatic carbocycles.